The molecule has 0 aliphatic heterocycles. The second kappa shape index (κ2) is 11.2. The Balaban J connectivity index is 1.49. The average Bonchev–Trinajstić information content (AvgIpc) is 2.92. The minimum Gasteiger partial charge on any atom is -0.493 e. The average molecular weight is 593 g/mol. The molecule has 0 bridgehead atoms. The van der Waals surface area contributed by atoms with Gasteiger partial charge in [-0.15, -0.1) is 0 Å². The number of methoxy groups -OCH3 is 1. The van der Waals surface area contributed by atoms with Crippen LogP contribution in [0.4, 0.5) is 0 Å². The van der Waals surface area contributed by atoms with E-state index < -0.39 is 0 Å². The number of fused-ring (bicyclic) bond motifs is 1. The van der Waals surface area contributed by atoms with Gasteiger partial charge in [-0.25, -0.2) is 4.98 Å². The van der Waals surface area contributed by atoms with Crippen LogP contribution in [0.2, 0.25) is 0 Å². The molecule has 0 radical (unpaired) electrons. The van der Waals surface area contributed by atoms with E-state index in [9.17, 15) is 4.79 Å². The third kappa shape index (κ3) is 5.31. The van der Waals surface area contributed by atoms with E-state index >= 15 is 0 Å². The van der Waals surface area contributed by atoms with Crippen molar-refractivity contribution < 1.29 is 9.47 Å². The van der Waals surface area contributed by atoms with E-state index in [1.807, 2.05) is 66.7 Å². The molecule has 1 aliphatic rings. The first kappa shape index (κ1) is 24.5. The summed E-state index contributed by atoms with van der Waals surface area (Å²) in [5.41, 5.74) is 2.49. The maximum Gasteiger partial charge on any atom is 0.282 e. The van der Waals surface area contributed by atoms with Crippen molar-refractivity contribution in [2.75, 3.05) is 7.11 Å². The number of hydrogen-bond acceptors (Lipinski definition) is 5. The predicted molar refractivity (Wildman–Crippen MR) is 151 cm³/mol. The molecule has 0 atom stereocenters. The van der Waals surface area contributed by atoms with Crippen LogP contribution in [-0.2, 0) is 6.61 Å². The third-order valence-electron chi connectivity index (χ3n) is 6.55. The summed E-state index contributed by atoms with van der Waals surface area (Å²) in [6.07, 6.45) is 7.29. The molecule has 7 heteroatoms. The summed E-state index contributed by atoms with van der Waals surface area (Å²) in [6.45, 7) is 0.448. The molecule has 1 fully saturated rings. The molecule has 5 rings (SSSR count). The second-order valence-electron chi connectivity index (χ2n) is 8.99. The maximum atomic E-state index is 13.4. The van der Waals surface area contributed by atoms with Crippen LogP contribution >= 0.6 is 22.6 Å². The minimum absolute atomic E-state index is 0.137. The zero-order chi connectivity index (χ0) is 24.9. The van der Waals surface area contributed by atoms with Crippen molar-refractivity contribution in [2.45, 2.75) is 44.6 Å². The van der Waals surface area contributed by atoms with Crippen LogP contribution in [0.25, 0.3) is 10.9 Å². The van der Waals surface area contributed by atoms with Crippen LogP contribution in [-0.4, -0.2) is 23.0 Å². The van der Waals surface area contributed by atoms with E-state index in [-0.39, 0.29) is 11.5 Å². The minimum atomic E-state index is -0.137. The molecule has 1 aliphatic carbocycles. The first-order valence-electron chi connectivity index (χ1n) is 12.2. The van der Waals surface area contributed by atoms with Gasteiger partial charge in [0, 0.05) is 5.92 Å². The normalized spacial score (nSPS) is 14.4. The molecule has 1 heterocycles. The summed E-state index contributed by atoms with van der Waals surface area (Å²) in [5.74, 6) is 2.29. The summed E-state index contributed by atoms with van der Waals surface area (Å²) < 4.78 is 14.1. The number of rotatable bonds is 7. The quantitative estimate of drug-likeness (QED) is 0.181. The number of ether oxygens (including phenoxy) is 2. The molecule has 4 aromatic rings. The second-order valence-corrected chi connectivity index (χ2v) is 10.2. The fourth-order valence-corrected chi connectivity index (χ4v) is 5.47. The Labute approximate surface area is 224 Å². The van der Waals surface area contributed by atoms with Gasteiger partial charge >= 0.3 is 0 Å². The van der Waals surface area contributed by atoms with Gasteiger partial charge in [-0.1, -0.05) is 61.7 Å². The molecule has 1 saturated carbocycles. The van der Waals surface area contributed by atoms with Crippen molar-refractivity contribution in [2.24, 2.45) is 5.10 Å². The van der Waals surface area contributed by atoms with Crippen molar-refractivity contribution in [1.82, 2.24) is 9.66 Å². The topological polar surface area (TPSA) is 65.7 Å². The van der Waals surface area contributed by atoms with Gasteiger partial charge in [0.15, 0.2) is 11.5 Å². The Bertz CT molecular complexity index is 1440. The number of nitrogens with zero attached hydrogens (tertiary/aromatic N) is 3. The molecule has 0 saturated heterocycles. The highest BCUT2D eigenvalue weighted by Crippen LogP contribution is 2.35. The van der Waals surface area contributed by atoms with E-state index in [1.54, 1.807) is 13.3 Å². The smallest absolute Gasteiger partial charge is 0.282 e. The van der Waals surface area contributed by atoms with Crippen LogP contribution in [0, 0.1) is 3.57 Å². The SMILES string of the molecule is COc1cc(C=Nn2c(C3CCCCC3)nc3ccccc3c2=O)cc(I)c1OCc1ccccc1. The maximum absolute atomic E-state index is 13.4. The molecule has 184 valence electrons. The number of para-hydroxylation sites is 1. The molecule has 0 spiro atoms. The molecule has 36 heavy (non-hydrogen) atoms. The van der Waals surface area contributed by atoms with E-state index in [1.165, 1.54) is 11.1 Å². The van der Waals surface area contributed by atoms with E-state index in [0.29, 0.717) is 23.5 Å². The molecule has 0 N–H and O–H groups in total. The summed E-state index contributed by atoms with van der Waals surface area (Å²) in [7, 11) is 1.63. The van der Waals surface area contributed by atoms with Crippen molar-refractivity contribution in [3.05, 3.63) is 97.6 Å². The van der Waals surface area contributed by atoms with Gasteiger partial charge in [0.1, 0.15) is 12.4 Å². The molecular weight excluding hydrogens is 565 g/mol. The molecule has 6 nitrogen and oxygen atoms in total. The van der Waals surface area contributed by atoms with E-state index in [4.69, 9.17) is 14.5 Å². The number of hydrogen-bond donors (Lipinski definition) is 0. The fraction of sp³-hybridized carbons (Fsp3) is 0.276. The first-order chi connectivity index (χ1) is 17.6. The van der Waals surface area contributed by atoms with Gasteiger partial charge in [-0.05, 0) is 70.8 Å². The zero-order valence-corrected chi connectivity index (χ0v) is 22.4. The Morgan fingerprint density at radius 1 is 1.06 bits per heavy atom. The lowest BCUT2D eigenvalue weighted by molar-refractivity contribution is 0.282. The zero-order valence-electron chi connectivity index (χ0n) is 20.2. The largest absolute Gasteiger partial charge is 0.493 e. The first-order valence-corrected chi connectivity index (χ1v) is 13.3. The number of aromatic nitrogens is 2. The summed E-state index contributed by atoms with van der Waals surface area (Å²) in [5, 5.41) is 5.23. The lowest BCUT2D eigenvalue weighted by Gasteiger charge is -2.22. The highest BCUT2D eigenvalue weighted by atomic mass is 127. The van der Waals surface area contributed by atoms with E-state index in [2.05, 4.69) is 27.7 Å². The van der Waals surface area contributed by atoms with Gasteiger partial charge in [0.25, 0.3) is 5.56 Å². The molecule has 3 aromatic carbocycles. The van der Waals surface area contributed by atoms with Gasteiger partial charge in [0.2, 0.25) is 0 Å². The number of halogens is 1. The van der Waals surface area contributed by atoms with Gasteiger partial charge < -0.3 is 9.47 Å². The lowest BCUT2D eigenvalue weighted by atomic mass is 9.88. The molecular formula is C29H28IN3O3. The van der Waals surface area contributed by atoms with Crippen molar-refractivity contribution in [3.63, 3.8) is 0 Å². The Morgan fingerprint density at radius 3 is 2.58 bits per heavy atom. The fourth-order valence-electron chi connectivity index (χ4n) is 4.69. The molecule has 0 unspecified atom stereocenters. The van der Waals surface area contributed by atoms with Crippen LogP contribution in [0.1, 0.15) is 55.0 Å². The van der Waals surface area contributed by atoms with E-state index in [0.717, 1.165) is 51.7 Å². The van der Waals surface area contributed by atoms with Crippen LogP contribution in [0.5, 0.6) is 11.5 Å². The van der Waals surface area contributed by atoms with Gasteiger partial charge in [0.05, 0.1) is 27.8 Å². The van der Waals surface area contributed by atoms with Crippen LogP contribution in [0.3, 0.4) is 0 Å². The summed E-state index contributed by atoms with van der Waals surface area (Å²) >= 11 is 2.24. The standard InChI is InChI=1S/C29H28IN3O3/c1-35-26-17-21(16-24(30)27(26)36-19-20-10-4-2-5-11-20)18-31-33-28(22-12-6-3-7-13-22)32-25-15-9-8-14-23(25)29(33)34/h2,4-5,8-11,14-18,22H,3,6-7,12-13,19H2,1H3. The Kier molecular flexibility index (Phi) is 7.65. The molecule has 0 amide bonds. The summed E-state index contributed by atoms with van der Waals surface area (Å²) in [6, 6.07) is 21.4. The Morgan fingerprint density at radius 2 is 1.81 bits per heavy atom. The monoisotopic (exact) mass is 593 g/mol. The lowest BCUT2D eigenvalue weighted by Crippen LogP contribution is -2.25. The van der Waals surface area contributed by atoms with Crippen molar-refractivity contribution in [1.29, 1.82) is 0 Å². The van der Waals surface area contributed by atoms with Crippen LogP contribution < -0.4 is 15.0 Å². The third-order valence-corrected chi connectivity index (χ3v) is 7.35. The molecule has 1 aromatic heterocycles. The van der Waals surface area contributed by atoms with Crippen molar-refractivity contribution >= 4 is 39.7 Å². The summed E-state index contributed by atoms with van der Waals surface area (Å²) in [4.78, 5) is 18.3. The van der Waals surface area contributed by atoms with Crippen LogP contribution in [0.15, 0.2) is 76.6 Å². The predicted octanol–water partition coefficient (Wildman–Crippen LogP) is 6.52. The Hall–Kier alpha value is -3.20. The number of benzene rings is 3. The van der Waals surface area contributed by atoms with Crippen molar-refractivity contribution in [3.8, 4) is 11.5 Å². The highest BCUT2D eigenvalue weighted by Gasteiger charge is 2.22. The van der Waals surface area contributed by atoms with Gasteiger partial charge in [-0.3, -0.25) is 4.79 Å². The highest BCUT2D eigenvalue weighted by molar-refractivity contribution is 14.1. The van der Waals surface area contributed by atoms with Gasteiger partial charge in [-0.2, -0.15) is 9.78 Å².